The van der Waals surface area contributed by atoms with Gasteiger partial charge in [-0.3, -0.25) is 0 Å². The highest BCUT2D eigenvalue weighted by molar-refractivity contribution is 7.85. The normalized spacial score (nSPS) is 11.8. The molecule has 158 valence electrons. The third kappa shape index (κ3) is 6.15. The summed E-state index contributed by atoms with van der Waals surface area (Å²) in [7, 11) is -4.27. The maximum atomic E-state index is 10.4. The topological polar surface area (TPSA) is 66.0 Å². The van der Waals surface area contributed by atoms with Crippen LogP contribution in [-0.2, 0) is 23.2 Å². The fourth-order valence-corrected chi connectivity index (χ4v) is 3.78. The number of aromatic nitrogens is 2. The second-order valence-corrected chi connectivity index (χ2v) is 9.69. The van der Waals surface area contributed by atoms with Gasteiger partial charge in [0.1, 0.15) is 10.1 Å². The van der Waals surface area contributed by atoms with E-state index in [1.807, 2.05) is 6.92 Å². The van der Waals surface area contributed by atoms with Gasteiger partial charge >= 0.3 is 0 Å². The molecule has 0 aliphatic heterocycles. The van der Waals surface area contributed by atoms with E-state index in [4.69, 9.17) is 0 Å². The monoisotopic (exact) mass is 416 g/mol. The first-order valence-electron chi connectivity index (χ1n) is 10.0. The summed E-state index contributed by atoms with van der Waals surface area (Å²) in [6.45, 7) is 15.4. The predicted octanol–water partition coefficient (Wildman–Crippen LogP) is 4.45. The van der Waals surface area contributed by atoms with E-state index in [0.29, 0.717) is 11.8 Å². The standard InChI is InChI=1S/C16H25N2.C7H8O3S/c1-12(2)10-17-14(5)18(11-13(3)4)16-9-7-6-8-15(16)17;1-6-2-4-7(5-3-6)11(8,9)10/h6-9,12-13H,10-11H2,1-5H3;2-5H,1H3,(H,8,9,10)/q+1;/p-1. The lowest BCUT2D eigenvalue weighted by atomic mass is 10.2. The van der Waals surface area contributed by atoms with E-state index in [0.717, 1.165) is 18.7 Å². The molecule has 0 unspecified atom stereocenters. The van der Waals surface area contributed by atoms with Crippen LogP contribution < -0.4 is 4.57 Å². The number of aryl methyl sites for hydroxylation is 1. The van der Waals surface area contributed by atoms with Crippen LogP contribution in [0.15, 0.2) is 53.4 Å². The van der Waals surface area contributed by atoms with E-state index >= 15 is 0 Å². The molecular formula is C23H32N2O3S. The van der Waals surface area contributed by atoms with Gasteiger partial charge in [-0.2, -0.15) is 0 Å². The van der Waals surface area contributed by atoms with Crippen LogP contribution in [0.1, 0.15) is 39.1 Å². The maximum Gasteiger partial charge on any atom is 0.254 e. The van der Waals surface area contributed by atoms with Crippen LogP contribution in [0.4, 0.5) is 0 Å². The van der Waals surface area contributed by atoms with Crippen LogP contribution in [0, 0.1) is 25.7 Å². The summed E-state index contributed by atoms with van der Waals surface area (Å²) >= 11 is 0. The van der Waals surface area contributed by atoms with Crippen LogP contribution in [0.5, 0.6) is 0 Å². The molecule has 0 N–H and O–H groups in total. The molecule has 29 heavy (non-hydrogen) atoms. The Bertz CT molecular complexity index is 1000. The summed E-state index contributed by atoms with van der Waals surface area (Å²) in [5.74, 6) is 2.72. The molecule has 0 saturated heterocycles. The molecule has 0 saturated carbocycles. The molecule has 6 heteroatoms. The Kier molecular flexibility index (Phi) is 7.60. The van der Waals surface area contributed by atoms with E-state index < -0.39 is 10.1 Å². The van der Waals surface area contributed by atoms with Crippen LogP contribution in [0.3, 0.4) is 0 Å². The highest BCUT2D eigenvalue weighted by Crippen LogP contribution is 2.16. The van der Waals surface area contributed by atoms with Gasteiger partial charge in [0.15, 0.2) is 11.0 Å². The maximum absolute atomic E-state index is 10.4. The first-order chi connectivity index (χ1) is 13.5. The number of imidazole rings is 1. The minimum Gasteiger partial charge on any atom is -0.744 e. The Balaban J connectivity index is 0.000000234. The Labute approximate surface area is 174 Å². The van der Waals surface area contributed by atoms with Gasteiger partial charge < -0.3 is 4.55 Å². The van der Waals surface area contributed by atoms with Gasteiger partial charge in [-0.25, -0.2) is 17.6 Å². The summed E-state index contributed by atoms with van der Waals surface area (Å²) in [6, 6.07) is 14.5. The minimum absolute atomic E-state index is 0.178. The van der Waals surface area contributed by atoms with Gasteiger partial charge in [-0.05, 0) is 43.0 Å². The summed E-state index contributed by atoms with van der Waals surface area (Å²) < 4.78 is 36.1. The molecule has 1 heterocycles. The Hall–Kier alpha value is -2.18. The van der Waals surface area contributed by atoms with Gasteiger partial charge in [0.25, 0.3) is 5.82 Å². The molecule has 1 aromatic heterocycles. The zero-order chi connectivity index (χ0) is 21.8. The van der Waals surface area contributed by atoms with E-state index in [-0.39, 0.29) is 4.90 Å². The molecular weight excluding hydrogens is 384 g/mol. The molecule has 0 aliphatic rings. The van der Waals surface area contributed by atoms with E-state index in [9.17, 15) is 13.0 Å². The minimum atomic E-state index is -4.27. The number of fused-ring (bicyclic) bond motifs is 1. The van der Waals surface area contributed by atoms with Crippen molar-refractivity contribution in [3.05, 3.63) is 59.9 Å². The SMILES string of the molecule is Cc1ccc(S(=O)(=O)[O-])cc1.Cc1n(CC(C)C)c2ccccc2[n+]1CC(C)C. The van der Waals surface area contributed by atoms with Gasteiger partial charge in [-0.1, -0.05) is 57.5 Å². The smallest absolute Gasteiger partial charge is 0.254 e. The van der Waals surface area contributed by atoms with E-state index in [1.54, 1.807) is 12.1 Å². The second kappa shape index (κ2) is 9.55. The van der Waals surface area contributed by atoms with Crippen molar-refractivity contribution in [2.45, 2.75) is 59.5 Å². The highest BCUT2D eigenvalue weighted by atomic mass is 32.2. The lowest BCUT2D eigenvalue weighted by Crippen LogP contribution is -2.39. The van der Waals surface area contributed by atoms with E-state index in [2.05, 4.69) is 68.0 Å². The number of benzene rings is 2. The van der Waals surface area contributed by atoms with Gasteiger partial charge in [0, 0.05) is 6.92 Å². The molecule has 0 fully saturated rings. The van der Waals surface area contributed by atoms with Crippen molar-refractivity contribution in [3.8, 4) is 0 Å². The lowest BCUT2D eigenvalue weighted by Gasteiger charge is -2.05. The molecule has 0 bridgehead atoms. The van der Waals surface area contributed by atoms with Crippen LogP contribution in [0.25, 0.3) is 11.0 Å². The molecule has 3 aromatic rings. The third-order valence-corrected chi connectivity index (χ3v) is 5.50. The van der Waals surface area contributed by atoms with Crippen molar-refractivity contribution in [1.82, 2.24) is 4.57 Å². The van der Waals surface area contributed by atoms with Gasteiger partial charge in [0.05, 0.1) is 18.0 Å². The van der Waals surface area contributed by atoms with E-state index in [1.165, 1.54) is 29.0 Å². The zero-order valence-electron chi connectivity index (χ0n) is 18.2. The molecule has 0 radical (unpaired) electrons. The van der Waals surface area contributed by atoms with Crippen molar-refractivity contribution in [2.24, 2.45) is 11.8 Å². The zero-order valence-corrected chi connectivity index (χ0v) is 19.0. The Morgan fingerprint density at radius 1 is 0.931 bits per heavy atom. The summed E-state index contributed by atoms with van der Waals surface area (Å²) in [4.78, 5) is -0.178. The highest BCUT2D eigenvalue weighted by Gasteiger charge is 2.22. The predicted molar refractivity (Wildman–Crippen MR) is 116 cm³/mol. The van der Waals surface area contributed by atoms with Crippen LogP contribution in [0.2, 0.25) is 0 Å². The lowest BCUT2D eigenvalue weighted by molar-refractivity contribution is -0.684. The fourth-order valence-electron chi connectivity index (χ4n) is 3.31. The number of hydrogen-bond donors (Lipinski definition) is 0. The van der Waals surface area contributed by atoms with Gasteiger partial charge in [-0.15, -0.1) is 0 Å². The van der Waals surface area contributed by atoms with Crippen molar-refractivity contribution in [1.29, 1.82) is 0 Å². The summed E-state index contributed by atoms with van der Waals surface area (Å²) in [6.07, 6.45) is 0. The number of nitrogens with zero attached hydrogens (tertiary/aromatic N) is 2. The molecule has 0 atom stereocenters. The summed E-state index contributed by atoms with van der Waals surface area (Å²) in [5, 5.41) is 0. The number of para-hydroxylation sites is 2. The molecule has 0 aliphatic carbocycles. The van der Waals surface area contributed by atoms with Gasteiger partial charge in [0.2, 0.25) is 0 Å². The van der Waals surface area contributed by atoms with Crippen molar-refractivity contribution >= 4 is 21.2 Å². The number of hydrogen-bond acceptors (Lipinski definition) is 3. The third-order valence-electron chi connectivity index (χ3n) is 4.65. The summed E-state index contributed by atoms with van der Waals surface area (Å²) in [5.41, 5.74) is 3.66. The largest absolute Gasteiger partial charge is 0.744 e. The molecule has 0 amide bonds. The Morgan fingerprint density at radius 3 is 2.03 bits per heavy atom. The van der Waals surface area contributed by atoms with Crippen molar-refractivity contribution in [2.75, 3.05) is 0 Å². The average molecular weight is 417 g/mol. The molecule has 0 spiro atoms. The Morgan fingerprint density at radius 2 is 1.52 bits per heavy atom. The van der Waals surface area contributed by atoms with Crippen molar-refractivity contribution in [3.63, 3.8) is 0 Å². The van der Waals surface area contributed by atoms with Crippen molar-refractivity contribution < 1.29 is 17.5 Å². The first-order valence-corrected chi connectivity index (χ1v) is 11.4. The first kappa shape index (κ1) is 23.1. The van der Waals surface area contributed by atoms with Crippen LogP contribution in [-0.4, -0.2) is 17.5 Å². The fraction of sp³-hybridized carbons (Fsp3) is 0.435. The molecule has 3 rings (SSSR count). The number of rotatable bonds is 5. The molecule has 2 aromatic carbocycles. The quantitative estimate of drug-likeness (QED) is 0.456. The average Bonchev–Trinajstić information content (AvgIpc) is 2.87. The molecule has 5 nitrogen and oxygen atoms in total. The van der Waals surface area contributed by atoms with Crippen LogP contribution >= 0.6 is 0 Å². The second-order valence-electron chi connectivity index (χ2n) is 8.31.